The molecule has 1 N–H and O–H groups in total. The van der Waals surface area contributed by atoms with Gasteiger partial charge < -0.3 is 19.4 Å². The number of halogens is 2. The number of carbonyl (C=O) groups is 1. The molecule has 0 radical (unpaired) electrons. The summed E-state index contributed by atoms with van der Waals surface area (Å²) in [6, 6.07) is 23.0. The Morgan fingerprint density at radius 2 is 1.66 bits per heavy atom. The smallest absolute Gasteiger partial charge is 0.253 e. The molecule has 0 atom stereocenters. The lowest BCUT2D eigenvalue weighted by Crippen LogP contribution is -2.26. The molecule has 0 aliphatic heterocycles. The molecule has 0 aliphatic rings. The van der Waals surface area contributed by atoms with Crippen LogP contribution in [0.15, 0.2) is 72.8 Å². The van der Waals surface area contributed by atoms with Crippen LogP contribution in [-0.2, 0) is 6.42 Å². The Bertz CT molecular complexity index is 1350. The molecule has 0 saturated carbocycles. The van der Waals surface area contributed by atoms with Gasteiger partial charge in [-0.1, -0.05) is 59.6 Å². The summed E-state index contributed by atoms with van der Waals surface area (Å²) in [6.45, 7) is 2.38. The number of carbonyl (C=O) groups excluding carboxylic acids is 1. The van der Waals surface area contributed by atoms with Crippen LogP contribution < -0.4 is 14.8 Å². The van der Waals surface area contributed by atoms with Crippen LogP contribution in [0.1, 0.15) is 21.6 Å². The molecule has 4 rings (SSSR count). The molecule has 35 heavy (non-hydrogen) atoms. The van der Waals surface area contributed by atoms with E-state index in [1.165, 1.54) is 0 Å². The standard InChI is InChI=1S/C28H26Cl2N2O3/c1-18-23(28(33)31-14-13-19-9-10-21(29)15-24(19)30)17-25(20-7-5-4-6-8-20)32(18)22-11-12-26(34-2)27(16-22)35-3/h4-12,15-17H,13-14H2,1-3H3,(H,31,33). The molecule has 0 spiro atoms. The summed E-state index contributed by atoms with van der Waals surface area (Å²) in [5, 5.41) is 4.20. The van der Waals surface area contributed by atoms with Crippen molar-refractivity contribution in [1.29, 1.82) is 0 Å². The van der Waals surface area contributed by atoms with Crippen molar-refractivity contribution in [3.05, 3.63) is 99.7 Å². The average molecular weight is 509 g/mol. The van der Waals surface area contributed by atoms with Crippen LogP contribution in [-0.4, -0.2) is 31.2 Å². The van der Waals surface area contributed by atoms with Crippen LogP contribution in [0.4, 0.5) is 0 Å². The molecule has 5 nitrogen and oxygen atoms in total. The van der Waals surface area contributed by atoms with Gasteiger partial charge in [0.2, 0.25) is 0 Å². The quantitative estimate of drug-likeness (QED) is 0.286. The predicted octanol–water partition coefficient (Wildman–Crippen LogP) is 6.75. The third kappa shape index (κ3) is 5.31. The molecule has 3 aromatic carbocycles. The Kier molecular flexibility index (Phi) is 7.69. The van der Waals surface area contributed by atoms with Gasteiger partial charge in [0.25, 0.3) is 5.91 Å². The molecular formula is C28H26Cl2N2O3. The maximum Gasteiger partial charge on any atom is 0.253 e. The summed E-state index contributed by atoms with van der Waals surface area (Å²) in [4.78, 5) is 13.2. The van der Waals surface area contributed by atoms with Crippen molar-refractivity contribution in [3.8, 4) is 28.4 Å². The Balaban J connectivity index is 1.67. The summed E-state index contributed by atoms with van der Waals surface area (Å²) in [6.07, 6.45) is 0.600. The fourth-order valence-corrected chi connectivity index (χ4v) is 4.59. The van der Waals surface area contributed by atoms with Gasteiger partial charge in [0.15, 0.2) is 11.5 Å². The maximum atomic E-state index is 13.2. The van der Waals surface area contributed by atoms with Crippen LogP contribution in [0.5, 0.6) is 11.5 Å². The van der Waals surface area contributed by atoms with Crippen molar-refractivity contribution in [2.45, 2.75) is 13.3 Å². The summed E-state index contributed by atoms with van der Waals surface area (Å²) in [5.41, 5.74) is 5.12. The van der Waals surface area contributed by atoms with Gasteiger partial charge in [0, 0.05) is 34.0 Å². The molecule has 1 heterocycles. The Morgan fingerprint density at radius 3 is 2.34 bits per heavy atom. The van der Waals surface area contributed by atoms with Crippen LogP contribution in [0.3, 0.4) is 0 Å². The van der Waals surface area contributed by atoms with Crippen molar-refractivity contribution in [1.82, 2.24) is 9.88 Å². The van der Waals surface area contributed by atoms with E-state index in [-0.39, 0.29) is 5.91 Å². The molecule has 0 saturated heterocycles. The van der Waals surface area contributed by atoms with Crippen molar-refractivity contribution >= 4 is 29.1 Å². The molecule has 0 aliphatic carbocycles. The van der Waals surface area contributed by atoms with Gasteiger partial charge >= 0.3 is 0 Å². The molecule has 7 heteroatoms. The van der Waals surface area contributed by atoms with Crippen LogP contribution in [0, 0.1) is 6.92 Å². The molecular weight excluding hydrogens is 483 g/mol. The highest BCUT2D eigenvalue weighted by molar-refractivity contribution is 6.35. The van der Waals surface area contributed by atoms with Gasteiger partial charge in [0.1, 0.15) is 0 Å². The number of aromatic nitrogens is 1. The highest BCUT2D eigenvalue weighted by Crippen LogP contribution is 2.34. The second-order valence-corrected chi connectivity index (χ2v) is 8.85. The van der Waals surface area contributed by atoms with Crippen LogP contribution >= 0.6 is 23.2 Å². The summed E-state index contributed by atoms with van der Waals surface area (Å²) < 4.78 is 13.0. The number of nitrogens with zero attached hydrogens (tertiary/aromatic N) is 1. The topological polar surface area (TPSA) is 52.5 Å². The monoisotopic (exact) mass is 508 g/mol. The third-order valence-electron chi connectivity index (χ3n) is 5.88. The van der Waals surface area contributed by atoms with E-state index in [9.17, 15) is 4.79 Å². The number of hydrogen-bond acceptors (Lipinski definition) is 3. The zero-order valence-corrected chi connectivity index (χ0v) is 21.3. The van der Waals surface area contributed by atoms with E-state index in [2.05, 4.69) is 9.88 Å². The van der Waals surface area contributed by atoms with Crippen molar-refractivity contribution in [2.75, 3.05) is 20.8 Å². The Labute approximate surface area is 215 Å². The number of methoxy groups -OCH3 is 2. The average Bonchev–Trinajstić information content (AvgIpc) is 3.22. The third-order valence-corrected chi connectivity index (χ3v) is 6.47. The van der Waals surface area contributed by atoms with E-state index in [1.54, 1.807) is 26.4 Å². The zero-order chi connectivity index (χ0) is 24.9. The normalized spacial score (nSPS) is 10.8. The van der Waals surface area contributed by atoms with E-state index in [1.807, 2.05) is 67.6 Å². The van der Waals surface area contributed by atoms with E-state index in [0.717, 1.165) is 28.2 Å². The number of nitrogens with one attached hydrogen (secondary N) is 1. The first-order valence-electron chi connectivity index (χ1n) is 11.1. The van der Waals surface area contributed by atoms with Gasteiger partial charge in [-0.2, -0.15) is 0 Å². The maximum absolute atomic E-state index is 13.2. The van der Waals surface area contributed by atoms with Crippen molar-refractivity contribution < 1.29 is 14.3 Å². The Hall–Kier alpha value is -3.41. The zero-order valence-electron chi connectivity index (χ0n) is 19.8. The molecule has 1 amide bonds. The minimum absolute atomic E-state index is 0.149. The van der Waals surface area contributed by atoms with E-state index >= 15 is 0 Å². The molecule has 0 bridgehead atoms. The number of ether oxygens (including phenoxy) is 2. The molecule has 4 aromatic rings. The highest BCUT2D eigenvalue weighted by atomic mass is 35.5. The summed E-state index contributed by atoms with van der Waals surface area (Å²) >= 11 is 12.3. The minimum Gasteiger partial charge on any atom is -0.493 e. The van der Waals surface area contributed by atoms with E-state index in [4.69, 9.17) is 32.7 Å². The first kappa shape index (κ1) is 24.7. The fourth-order valence-electron chi connectivity index (χ4n) is 4.09. The van der Waals surface area contributed by atoms with Crippen LogP contribution in [0.25, 0.3) is 16.9 Å². The van der Waals surface area contributed by atoms with Crippen molar-refractivity contribution in [3.63, 3.8) is 0 Å². The number of hydrogen-bond donors (Lipinski definition) is 1. The molecule has 1 aromatic heterocycles. The lowest BCUT2D eigenvalue weighted by molar-refractivity contribution is 0.0953. The van der Waals surface area contributed by atoms with E-state index < -0.39 is 0 Å². The van der Waals surface area contributed by atoms with Gasteiger partial charge in [-0.25, -0.2) is 0 Å². The van der Waals surface area contributed by atoms with Gasteiger partial charge in [0.05, 0.1) is 25.5 Å². The lowest BCUT2D eigenvalue weighted by Gasteiger charge is -2.15. The first-order valence-corrected chi connectivity index (χ1v) is 11.9. The SMILES string of the molecule is COc1ccc(-n2c(-c3ccccc3)cc(C(=O)NCCc3ccc(Cl)cc3Cl)c2C)cc1OC. The lowest BCUT2D eigenvalue weighted by atomic mass is 10.1. The molecule has 180 valence electrons. The predicted molar refractivity (Wildman–Crippen MR) is 142 cm³/mol. The largest absolute Gasteiger partial charge is 0.493 e. The number of benzene rings is 3. The second kappa shape index (κ2) is 10.9. The van der Waals surface area contributed by atoms with E-state index in [0.29, 0.717) is 40.1 Å². The number of amides is 1. The number of rotatable bonds is 8. The highest BCUT2D eigenvalue weighted by Gasteiger charge is 2.20. The minimum atomic E-state index is -0.149. The van der Waals surface area contributed by atoms with Crippen molar-refractivity contribution in [2.24, 2.45) is 0 Å². The van der Waals surface area contributed by atoms with Gasteiger partial charge in [-0.05, 0) is 54.8 Å². The summed E-state index contributed by atoms with van der Waals surface area (Å²) in [7, 11) is 3.21. The Morgan fingerprint density at radius 1 is 0.914 bits per heavy atom. The molecule has 0 fully saturated rings. The van der Waals surface area contributed by atoms with Gasteiger partial charge in [-0.3, -0.25) is 4.79 Å². The van der Waals surface area contributed by atoms with Gasteiger partial charge in [-0.15, -0.1) is 0 Å². The van der Waals surface area contributed by atoms with Crippen LogP contribution in [0.2, 0.25) is 10.0 Å². The first-order chi connectivity index (χ1) is 16.9. The summed E-state index contributed by atoms with van der Waals surface area (Å²) in [5.74, 6) is 1.10. The molecule has 0 unspecified atom stereocenters. The fraction of sp³-hybridized carbons (Fsp3) is 0.179. The second-order valence-electron chi connectivity index (χ2n) is 8.01.